The summed E-state index contributed by atoms with van der Waals surface area (Å²) in [6, 6.07) is 20.4. The van der Waals surface area contributed by atoms with Crippen LogP contribution in [0, 0.1) is 5.92 Å². The summed E-state index contributed by atoms with van der Waals surface area (Å²) in [6.45, 7) is 18.9. The van der Waals surface area contributed by atoms with Crippen molar-refractivity contribution in [2.24, 2.45) is 5.92 Å². The quantitative estimate of drug-likeness (QED) is 0.229. The fraction of sp³-hybridized carbons (Fsp3) is 0.400. The Morgan fingerprint density at radius 2 is 1.62 bits per heavy atom. The average molecular weight is 491 g/mol. The average Bonchev–Trinajstić information content (AvgIpc) is 3.24. The van der Waals surface area contributed by atoms with Crippen molar-refractivity contribution in [1.29, 1.82) is 0 Å². The minimum atomic E-state index is -0.113. The summed E-state index contributed by atoms with van der Waals surface area (Å²) < 4.78 is 9.32. The second-order valence-corrected chi connectivity index (χ2v) is 12.6. The first-order chi connectivity index (χ1) is 17.6. The zero-order valence-electron chi connectivity index (χ0n) is 23.7. The summed E-state index contributed by atoms with van der Waals surface area (Å²) in [7, 11) is 0. The maximum atomic E-state index is 6.76. The maximum absolute atomic E-state index is 6.76. The van der Waals surface area contributed by atoms with Crippen molar-refractivity contribution >= 4 is 32.7 Å². The predicted octanol–water partition coefficient (Wildman–Crippen LogP) is 9.43. The highest BCUT2D eigenvalue weighted by molar-refractivity contribution is 6.12. The second kappa shape index (κ2) is 8.18. The topological polar surface area (TPSA) is 17.0 Å². The van der Waals surface area contributed by atoms with Gasteiger partial charge >= 0.3 is 0 Å². The van der Waals surface area contributed by atoms with Crippen LogP contribution in [-0.4, -0.2) is 0 Å². The van der Waals surface area contributed by atoms with Gasteiger partial charge < -0.3 is 4.42 Å². The molecule has 0 spiro atoms. The molecule has 1 aliphatic rings. The van der Waals surface area contributed by atoms with Crippen molar-refractivity contribution in [2.75, 3.05) is 0 Å². The fourth-order valence-corrected chi connectivity index (χ4v) is 6.98. The number of hydrogen-bond donors (Lipinski definition) is 0. The van der Waals surface area contributed by atoms with Gasteiger partial charge in [0.05, 0.1) is 16.4 Å². The Hall–Kier alpha value is -3.13. The Morgan fingerprint density at radius 3 is 2.32 bits per heavy atom. The zero-order chi connectivity index (χ0) is 26.3. The fourth-order valence-electron chi connectivity index (χ4n) is 6.98. The number of nitrogens with zero attached hydrogens (tertiary/aromatic N) is 1. The third-order valence-corrected chi connectivity index (χ3v) is 9.43. The van der Waals surface area contributed by atoms with Gasteiger partial charge in [0.1, 0.15) is 11.2 Å². The van der Waals surface area contributed by atoms with Crippen LogP contribution in [-0.2, 0) is 17.4 Å². The Morgan fingerprint density at radius 1 is 0.865 bits per heavy atom. The molecule has 2 nitrogen and oxygen atoms in total. The second-order valence-electron chi connectivity index (χ2n) is 12.6. The van der Waals surface area contributed by atoms with Crippen LogP contribution in [0.25, 0.3) is 44.0 Å². The first-order valence-electron chi connectivity index (χ1n) is 14.0. The summed E-state index contributed by atoms with van der Waals surface area (Å²) >= 11 is 0. The minimum absolute atomic E-state index is 0.0575. The lowest BCUT2D eigenvalue weighted by Gasteiger charge is -2.46. The third kappa shape index (κ3) is 3.27. The smallest absolute Gasteiger partial charge is 0.225 e. The standard InChI is InChI=1S/C35H40NO/c1-9-35(8)31-27(22(4)5)20-28-26-12-10-11-13-29(26)37-33(28)30(31)32-25-15-14-23(18-21(2)3)19-24(25)16-17-36(32)34(35,6)7/h10-17,19-22H,9,18H2,1-8H3/q+1. The maximum Gasteiger partial charge on any atom is 0.225 e. The molecule has 5 aromatic rings. The molecular formula is C35H40NO+. The number of aromatic nitrogens is 1. The third-order valence-electron chi connectivity index (χ3n) is 9.43. The van der Waals surface area contributed by atoms with Crippen LogP contribution in [0.5, 0.6) is 0 Å². The Labute approximate surface area is 221 Å². The molecule has 190 valence electrons. The van der Waals surface area contributed by atoms with Crippen LogP contribution in [0.2, 0.25) is 0 Å². The lowest BCUT2D eigenvalue weighted by molar-refractivity contribution is -0.759. The molecule has 6 rings (SSSR count). The van der Waals surface area contributed by atoms with Crippen LogP contribution in [0.4, 0.5) is 0 Å². The highest BCUT2D eigenvalue weighted by Crippen LogP contribution is 2.54. The molecule has 1 aliphatic heterocycles. The van der Waals surface area contributed by atoms with E-state index in [2.05, 4.69) is 121 Å². The Balaban J connectivity index is 1.84. The van der Waals surface area contributed by atoms with Crippen LogP contribution in [0.1, 0.15) is 84.4 Å². The molecule has 1 unspecified atom stereocenters. The zero-order valence-corrected chi connectivity index (χ0v) is 23.7. The summed E-state index contributed by atoms with van der Waals surface area (Å²) in [5.41, 5.74) is 8.75. The lowest BCUT2D eigenvalue weighted by atomic mass is 9.60. The summed E-state index contributed by atoms with van der Waals surface area (Å²) in [4.78, 5) is 0. The first kappa shape index (κ1) is 24.2. The van der Waals surface area contributed by atoms with Gasteiger partial charge in [-0.1, -0.05) is 65.0 Å². The van der Waals surface area contributed by atoms with E-state index < -0.39 is 0 Å². The number of furan rings is 1. The SMILES string of the molecule is CCC1(C)c2c(C(C)C)cc3c(oc4ccccc43)c2-c2c3ccc(CC(C)C)cc3cc[n+]2C1(C)C. The largest absolute Gasteiger partial charge is 0.455 e. The van der Waals surface area contributed by atoms with Crippen molar-refractivity contribution in [1.82, 2.24) is 0 Å². The molecule has 0 aliphatic carbocycles. The van der Waals surface area contributed by atoms with Gasteiger partial charge in [-0.15, -0.1) is 0 Å². The van der Waals surface area contributed by atoms with E-state index in [-0.39, 0.29) is 11.0 Å². The van der Waals surface area contributed by atoms with Crippen molar-refractivity contribution in [3.05, 3.63) is 77.5 Å². The number of benzene rings is 3. The lowest BCUT2D eigenvalue weighted by Crippen LogP contribution is -2.66. The van der Waals surface area contributed by atoms with Crippen molar-refractivity contribution in [3.8, 4) is 11.3 Å². The van der Waals surface area contributed by atoms with E-state index in [1.54, 1.807) is 0 Å². The van der Waals surface area contributed by atoms with Gasteiger partial charge in [0.25, 0.3) is 0 Å². The van der Waals surface area contributed by atoms with Crippen molar-refractivity contribution in [3.63, 3.8) is 0 Å². The molecule has 0 fully saturated rings. The normalized spacial score (nSPS) is 18.8. The molecule has 0 radical (unpaired) electrons. The molecular weight excluding hydrogens is 450 g/mol. The van der Waals surface area contributed by atoms with Crippen LogP contribution < -0.4 is 4.57 Å². The number of fused-ring (bicyclic) bond motifs is 9. The van der Waals surface area contributed by atoms with Crippen LogP contribution in [0.3, 0.4) is 0 Å². The van der Waals surface area contributed by atoms with Crippen molar-refractivity contribution in [2.45, 2.75) is 85.1 Å². The highest BCUT2D eigenvalue weighted by Gasteiger charge is 2.56. The van der Waals surface area contributed by atoms with E-state index >= 15 is 0 Å². The Bertz CT molecular complexity index is 1680. The number of para-hydroxylation sites is 1. The summed E-state index contributed by atoms with van der Waals surface area (Å²) in [5, 5.41) is 5.06. The number of pyridine rings is 1. The molecule has 0 bridgehead atoms. The monoisotopic (exact) mass is 490 g/mol. The minimum Gasteiger partial charge on any atom is -0.455 e. The molecule has 0 N–H and O–H groups in total. The predicted molar refractivity (Wildman–Crippen MR) is 156 cm³/mol. The molecule has 0 amide bonds. The van der Waals surface area contributed by atoms with E-state index in [0.717, 1.165) is 24.0 Å². The molecule has 0 saturated heterocycles. The molecule has 3 heterocycles. The molecule has 1 atom stereocenters. The molecule has 2 heteroatoms. The van der Waals surface area contributed by atoms with E-state index in [9.17, 15) is 0 Å². The Kier molecular flexibility index (Phi) is 5.36. The highest BCUT2D eigenvalue weighted by atomic mass is 16.3. The molecule has 37 heavy (non-hydrogen) atoms. The van der Waals surface area contributed by atoms with E-state index in [1.165, 1.54) is 49.5 Å². The van der Waals surface area contributed by atoms with Gasteiger partial charge in [0, 0.05) is 30.7 Å². The summed E-state index contributed by atoms with van der Waals surface area (Å²) in [6.07, 6.45) is 4.49. The molecule has 0 saturated carbocycles. The van der Waals surface area contributed by atoms with E-state index in [0.29, 0.717) is 11.8 Å². The number of rotatable bonds is 4. The van der Waals surface area contributed by atoms with Gasteiger partial charge in [-0.25, -0.2) is 0 Å². The first-order valence-corrected chi connectivity index (χ1v) is 14.0. The van der Waals surface area contributed by atoms with Gasteiger partial charge in [-0.2, -0.15) is 4.57 Å². The van der Waals surface area contributed by atoms with Gasteiger partial charge in [-0.3, -0.25) is 0 Å². The van der Waals surface area contributed by atoms with Gasteiger partial charge in [0.15, 0.2) is 11.7 Å². The summed E-state index contributed by atoms with van der Waals surface area (Å²) in [5.74, 6) is 1.05. The van der Waals surface area contributed by atoms with E-state index in [4.69, 9.17) is 4.42 Å². The van der Waals surface area contributed by atoms with E-state index in [1.807, 2.05) is 0 Å². The van der Waals surface area contributed by atoms with Gasteiger partial charge in [0.2, 0.25) is 5.69 Å². The number of hydrogen-bond acceptors (Lipinski definition) is 1. The van der Waals surface area contributed by atoms with Gasteiger partial charge in [-0.05, 0) is 71.9 Å². The van der Waals surface area contributed by atoms with Crippen LogP contribution >= 0.6 is 0 Å². The van der Waals surface area contributed by atoms with Crippen LogP contribution in [0.15, 0.2) is 65.2 Å². The molecule has 2 aromatic heterocycles. The van der Waals surface area contributed by atoms with Crippen molar-refractivity contribution < 1.29 is 8.98 Å². The molecule has 3 aromatic carbocycles.